The predicted molar refractivity (Wildman–Crippen MR) is 72.2 cm³/mol. The number of nitro benzene ring substituents is 1. The monoisotopic (exact) mass is 285 g/mol. The third-order valence-corrected chi connectivity index (χ3v) is 3.18. The Morgan fingerprint density at radius 3 is 2.24 bits per heavy atom. The zero-order valence-electron chi connectivity index (χ0n) is 10.8. The molecule has 2 atom stereocenters. The van der Waals surface area contributed by atoms with Crippen LogP contribution in [0.25, 0.3) is 0 Å². The highest BCUT2D eigenvalue weighted by Gasteiger charge is 2.37. The van der Waals surface area contributed by atoms with Gasteiger partial charge in [0.1, 0.15) is 0 Å². The molecule has 0 spiro atoms. The molecule has 106 valence electrons. The van der Waals surface area contributed by atoms with E-state index in [1.807, 2.05) is 18.2 Å². The van der Waals surface area contributed by atoms with E-state index in [1.54, 1.807) is 12.1 Å². The highest BCUT2D eigenvalue weighted by molar-refractivity contribution is 5.78. The third kappa shape index (κ3) is 2.61. The topological polar surface area (TPSA) is 78.7 Å². The van der Waals surface area contributed by atoms with Crippen molar-refractivity contribution in [3.8, 4) is 0 Å². The van der Waals surface area contributed by atoms with Crippen molar-refractivity contribution in [1.29, 1.82) is 0 Å². The van der Waals surface area contributed by atoms with E-state index in [9.17, 15) is 14.9 Å². The van der Waals surface area contributed by atoms with E-state index < -0.39 is 23.3 Å². The number of esters is 1. The second kappa shape index (κ2) is 5.34. The number of cyclic esters (lactones) is 1. The first-order valence-corrected chi connectivity index (χ1v) is 6.30. The summed E-state index contributed by atoms with van der Waals surface area (Å²) in [4.78, 5) is 22.0. The summed E-state index contributed by atoms with van der Waals surface area (Å²) in [5.41, 5.74) is 1.25. The van der Waals surface area contributed by atoms with Crippen molar-refractivity contribution in [2.45, 2.75) is 12.4 Å². The minimum absolute atomic E-state index is 0.0253. The molecule has 21 heavy (non-hydrogen) atoms. The van der Waals surface area contributed by atoms with Crippen LogP contribution in [0.3, 0.4) is 0 Å². The second-order valence-electron chi connectivity index (χ2n) is 4.54. The van der Waals surface area contributed by atoms with Crippen LogP contribution < -0.4 is 0 Å². The van der Waals surface area contributed by atoms with Gasteiger partial charge in [0.05, 0.1) is 4.92 Å². The molecule has 0 radical (unpaired) electrons. The standard InChI is InChI=1S/C15H11NO5/c17-14-13(10-4-2-1-3-5-10)20-15(21-14)11-6-8-12(9-7-11)16(18)19/h1-9,13,15H/t13-,15-/m0/s1. The van der Waals surface area contributed by atoms with Gasteiger partial charge in [-0.25, -0.2) is 4.79 Å². The smallest absolute Gasteiger partial charge is 0.342 e. The molecular weight excluding hydrogens is 274 g/mol. The Morgan fingerprint density at radius 1 is 0.952 bits per heavy atom. The lowest BCUT2D eigenvalue weighted by Gasteiger charge is -2.09. The van der Waals surface area contributed by atoms with E-state index in [-0.39, 0.29) is 5.69 Å². The van der Waals surface area contributed by atoms with Crippen molar-refractivity contribution < 1.29 is 19.2 Å². The SMILES string of the molecule is O=C1O[C@@H](c2ccc([N+](=O)[O-])cc2)O[C@H]1c1ccccc1. The van der Waals surface area contributed by atoms with Gasteiger partial charge in [0.25, 0.3) is 5.69 Å². The number of nitrogens with zero attached hydrogens (tertiary/aromatic N) is 1. The molecular formula is C15H11NO5. The second-order valence-corrected chi connectivity index (χ2v) is 4.54. The van der Waals surface area contributed by atoms with Crippen LogP contribution in [0.1, 0.15) is 23.5 Å². The van der Waals surface area contributed by atoms with Crippen LogP contribution in [0, 0.1) is 10.1 Å². The number of carbonyl (C=O) groups is 1. The molecule has 0 aliphatic carbocycles. The van der Waals surface area contributed by atoms with Crippen LogP contribution in [-0.4, -0.2) is 10.9 Å². The summed E-state index contributed by atoms with van der Waals surface area (Å²) >= 11 is 0. The molecule has 0 bridgehead atoms. The predicted octanol–water partition coefficient (Wildman–Crippen LogP) is 2.91. The van der Waals surface area contributed by atoms with Gasteiger partial charge in [-0.2, -0.15) is 0 Å². The summed E-state index contributed by atoms with van der Waals surface area (Å²) in [6, 6.07) is 14.8. The van der Waals surface area contributed by atoms with Crippen LogP contribution in [0.15, 0.2) is 54.6 Å². The maximum Gasteiger partial charge on any atom is 0.342 e. The van der Waals surface area contributed by atoms with Gasteiger partial charge in [-0.15, -0.1) is 0 Å². The van der Waals surface area contributed by atoms with Gasteiger partial charge < -0.3 is 9.47 Å². The molecule has 1 heterocycles. The molecule has 0 N–H and O–H groups in total. The molecule has 0 amide bonds. The Kier molecular flexibility index (Phi) is 3.37. The van der Waals surface area contributed by atoms with Gasteiger partial charge in [0.2, 0.25) is 6.29 Å². The number of non-ortho nitro benzene ring substituents is 1. The molecule has 2 aromatic carbocycles. The molecule has 1 saturated heterocycles. The molecule has 3 rings (SSSR count). The van der Waals surface area contributed by atoms with Crippen LogP contribution in [0.2, 0.25) is 0 Å². The van der Waals surface area contributed by atoms with Gasteiger partial charge in [-0.05, 0) is 17.7 Å². The van der Waals surface area contributed by atoms with E-state index in [0.29, 0.717) is 11.1 Å². The minimum atomic E-state index is -0.844. The molecule has 0 aromatic heterocycles. The van der Waals surface area contributed by atoms with Crippen LogP contribution in [0.5, 0.6) is 0 Å². The summed E-state index contributed by atoms with van der Waals surface area (Å²) in [5, 5.41) is 10.6. The molecule has 2 aromatic rings. The maximum absolute atomic E-state index is 11.9. The first-order valence-electron chi connectivity index (χ1n) is 6.30. The molecule has 1 aliphatic rings. The Labute approximate surface area is 120 Å². The molecule has 1 aliphatic heterocycles. The third-order valence-electron chi connectivity index (χ3n) is 3.18. The van der Waals surface area contributed by atoms with Crippen LogP contribution >= 0.6 is 0 Å². The molecule has 6 heteroatoms. The first-order chi connectivity index (χ1) is 10.1. The molecule has 1 fully saturated rings. The highest BCUT2D eigenvalue weighted by Crippen LogP contribution is 2.36. The van der Waals surface area contributed by atoms with Gasteiger partial charge in [0, 0.05) is 17.7 Å². The summed E-state index contributed by atoms with van der Waals surface area (Å²) in [6.45, 7) is 0. The number of nitro groups is 1. The minimum Gasteiger partial charge on any atom is -0.429 e. The van der Waals surface area contributed by atoms with Gasteiger partial charge >= 0.3 is 5.97 Å². The number of carbonyl (C=O) groups excluding carboxylic acids is 1. The Bertz CT molecular complexity index is 668. The van der Waals surface area contributed by atoms with Crippen LogP contribution in [0.4, 0.5) is 5.69 Å². The van der Waals surface area contributed by atoms with Gasteiger partial charge in [-0.3, -0.25) is 10.1 Å². The average Bonchev–Trinajstić information content (AvgIpc) is 2.90. The first kappa shape index (κ1) is 13.3. The lowest BCUT2D eigenvalue weighted by molar-refractivity contribution is -0.384. The zero-order chi connectivity index (χ0) is 14.8. The van der Waals surface area contributed by atoms with Crippen LogP contribution in [-0.2, 0) is 14.3 Å². The van der Waals surface area contributed by atoms with E-state index in [2.05, 4.69) is 0 Å². The fraction of sp³-hybridized carbons (Fsp3) is 0.133. The van der Waals surface area contributed by atoms with E-state index in [1.165, 1.54) is 24.3 Å². The summed E-state index contributed by atoms with van der Waals surface area (Å²) in [7, 11) is 0. The average molecular weight is 285 g/mol. The lowest BCUT2D eigenvalue weighted by Crippen LogP contribution is -2.06. The van der Waals surface area contributed by atoms with Crippen molar-refractivity contribution in [3.63, 3.8) is 0 Å². The van der Waals surface area contributed by atoms with E-state index in [0.717, 1.165) is 0 Å². The highest BCUT2D eigenvalue weighted by atomic mass is 16.8. The number of hydrogen-bond donors (Lipinski definition) is 0. The fourth-order valence-electron chi connectivity index (χ4n) is 2.12. The van der Waals surface area contributed by atoms with Crippen molar-refractivity contribution in [2.75, 3.05) is 0 Å². The summed E-state index contributed by atoms with van der Waals surface area (Å²) in [5.74, 6) is -0.468. The van der Waals surface area contributed by atoms with Crippen molar-refractivity contribution in [3.05, 3.63) is 75.8 Å². The summed E-state index contributed by atoms with van der Waals surface area (Å²) < 4.78 is 10.8. The lowest BCUT2D eigenvalue weighted by atomic mass is 10.1. The van der Waals surface area contributed by atoms with Gasteiger partial charge in [-0.1, -0.05) is 30.3 Å². The number of ether oxygens (including phenoxy) is 2. The largest absolute Gasteiger partial charge is 0.429 e. The fourth-order valence-corrected chi connectivity index (χ4v) is 2.12. The normalized spacial score (nSPS) is 21.0. The Balaban J connectivity index is 1.79. The number of hydrogen-bond acceptors (Lipinski definition) is 5. The van der Waals surface area contributed by atoms with Crippen molar-refractivity contribution in [1.82, 2.24) is 0 Å². The maximum atomic E-state index is 11.9. The van der Waals surface area contributed by atoms with Crippen molar-refractivity contribution >= 4 is 11.7 Å². The summed E-state index contributed by atoms with van der Waals surface area (Å²) in [6.07, 6.45) is -1.62. The van der Waals surface area contributed by atoms with Gasteiger partial charge in [0.15, 0.2) is 6.10 Å². The molecule has 0 unspecified atom stereocenters. The van der Waals surface area contributed by atoms with Crippen molar-refractivity contribution in [2.24, 2.45) is 0 Å². The van der Waals surface area contributed by atoms with E-state index >= 15 is 0 Å². The number of rotatable bonds is 3. The Hall–Kier alpha value is -2.73. The number of benzene rings is 2. The zero-order valence-corrected chi connectivity index (χ0v) is 10.8. The molecule has 0 saturated carbocycles. The van der Waals surface area contributed by atoms with E-state index in [4.69, 9.17) is 9.47 Å². The molecule has 6 nitrogen and oxygen atoms in total. The quantitative estimate of drug-likeness (QED) is 0.492. The Morgan fingerprint density at radius 2 is 1.62 bits per heavy atom.